The zero-order valence-electron chi connectivity index (χ0n) is 8.67. The third-order valence-electron chi connectivity index (χ3n) is 2.46. The van der Waals surface area contributed by atoms with E-state index in [-0.39, 0.29) is 6.04 Å². The van der Waals surface area contributed by atoms with E-state index in [0.717, 1.165) is 12.0 Å². The molecule has 0 aliphatic carbocycles. The van der Waals surface area contributed by atoms with Crippen LogP contribution >= 0.6 is 45.9 Å². The van der Waals surface area contributed by atoms with Gasteiger partial charge in [0, 0.05) is 10.4 Å². The standard InChI is InChI=1S/C11H11Cl2NS2/c1-2-6-3-4-15-10(6)9(14)7-5-8(12)16-11(7)13/h3-5,9H,2,14H2,1H3. The summed E-state index contributed by atoms with van der Waals surface area (Å²) in [6, 6.07) is 3.81. The highest BCUT2D eigenvalue weighted by molar-refractivity contribution is 7.20. The van der Waals surface area contributed by atoms with E-state index in [0.29, 0.717) is 8.67 Å². The second kappa shape index (κ2) is 5.07. The molecule has 2 N–H and O–H groups in total. The summed E-state index contributed by atoms with van der Waals surface area (Å²) < 4.78 is 1.37. The summed E-state index contributed by atoms with van der Waals surface area (Å²) in [5, 5.41) is 2.07. The Morgan fingerprint density at radius 2 is 2.19 bits per heavy atom. The highest BCUT2D eigenvalue weighted by Gasteiger charge is 2.18. The first kappa shape index (κ1) is 12.4. The lowest BCUT2D eigenvalue weighted by atomic mass is 10.1. The molecule has 0 spiro atoms. The van der Waals surface area contributed by atoms with E-state index in [4.69, 9.17) is 28.9 Å². The molecule has 1 nitrogen and oxygen atoms in total. The van der Waals surface area contributed by atoms with Crippen LogP contribution in [-0.2, 0) is 6.42 Å². The van der Waals surface area contributed by atoms with Crippen molar-refractivity contribution < 1.29 is 0 Å². The number of rotatable bonds is 3. The molecule has 1 unspecified atom stereocenters. The summed E-state index contributed by atoms with van der Waals surface area (Å²) in [5.74, 6) is 0. The monoisotopic (exact) mass is 291 g/mol. The fourth-order valence-corrected chi connectivity index (χ4v) is 4.18. The number of nitrogens with two attached hydrogens (primary N) is 1. The van der Waals surface area contributed by atoms with E-state index in [9.17, 15) is 0 Å². The lowest BCUT2D eigenvalue weighted by Crippen LogP contribution is -2.11. The summed E-state index contributed by atoms with van der Waals surface area (Å²) in [4.78, 5) is 1.18. The average molecular weight is 292 g/mol. The molecule has 0 fully saturated rings. The van der Waals surface area contributed by atoms with Crippen LogP contribution in [0.15, 0.2) is 17.5 Å². The molecule has 86 valence electrons. The van der Waals surface area contributed by atoms with Gasteiger partial charge < -0.3 is 5.73 Å². The predicted molar refractivity (Wildman–Crippen MR) is 74.1 cm³/mol. The fraction of sp³-hybridized carbons (Fsp3) is 0.273. The molecule has 2 aromatic heterocycles. The third kappa shape index (κ3) is 2.29. The minimum Gasteiger partial charge on any atom is -0.320 e. The van der Waals surface area contributed by atoms with Crippen molar-refractivity contribution in [1.29, 1.82) is 0 Å². The minimum absolute atomic E-state index is 0.161. The van der Waals surface area contributed by atoms with Crippen LogP contribution in [0.25, 0.3) is 0 Å². The molecule has 0 aromatic carbocycles. The summed E-state index contributed by atoms with van der Waals surface area (Å²) in [6.07, 6.45) is 0.988. The molecule has 5 heteroatoms. The maximum absolute atomic E-state index is 6.23. The van der Waals surface area contributed by atoms with Gasteiger partial charge in [-0.25, -0.2) is 0 Å². The molecular weight excluding hydrogens is 281 g/mol. The Morgan fingerprint density at radius 1 is 1.44 bits per heavy atom. The Balaban J connectivity index is 2.38. The Bertz CT molecular complexity index is 490. The van der Waals surface area contributed by atoms with Crippen molar-refractivity contribution in [3.8, 4) is 0 Å². The maximum Gasteiger partial charge on any atom is 0.0995 e. The molecule has 1 atom stereocenters. The van der Waals surface area contributed by atoms with Crippen LogP contribution in [0, 0.1) is 0 Å². The van der Waals surface area contributed by atoms with Crippen molar-refractivity contribution >= 4 is 45.9 Å². The number of aryl methyl sites for hydroxylation is 1. The topological polar surface area (TPSA) is 26.0 Å². The summed E-state index contributed by atoms with van der Waals surface area (Å²) >= 11 is 15.1. The lowest BCUT2D eigenvalue weighted by molar-refractivity contribution is 0.879. The first-order valence-electron chi connectivity index (χ1n) is 4.90. The van der Waals surface area contributed by atoms with Crippen LogP contribution < -0.4 is 5.73 Å². The van der Waals surface area contributed by atoms with E-state index in [1.54, 1.807) is 11.3 Å². The van der Waals surface area contributed by atoms with E-state index in [1.165, 1.54) is 21.8 Å². The first-order valence-corrected chi connectivity index (χ1v) is 7.35. The van der Waals surface area contributed by atoms with E-state index >= 15 is 0 Å². The minimum atomic E-state index is -0.161. The highest BCUT2D eigenvalue weighted by atomic mass is 35.5. The summed E-state index contributed by atoms with van der Waals surface area (Å²) in [6.45, 7) is 2.13. The van der Waals surface area contributed by atoms with Gasteiger partial charge in [0.15, 0.2) is 0 Å². The van der Waals surface area contributed by atoms with E-state index < -0.39 is 0 Å². The van der Waals surface area contributed by atoms with Crippen LogP contribution in [0.4, 0.5) is 0 Å². The molecule has 0 saturated heterocycles. The fourth-order valence-electron chi connectivity index (χ4n) is 1.62. The molecule has 2 rings (SSSR count). The van der Waals surface area contributed by atoms with Crippen molar-refractivity contribution in [3.05, 3.63) is 42.2 Å². The molecule has 0 saturated carbocycles. The van der Waals surface area contributed by atoms with Gasteiger partial charge in [-0.1, -0.05) is 30.1 Å². The SMILES string of the molecule is CCc1ccsc1C(N)c1cc(Cl)sc1Cl. The van der Waals surface area contributed by atoms with Crippen molar-refractivity contribution in [2.75, 3.05) is 0 Å². The Morgan fingerprint density at radius 3 is 2.75 bits per heavy atom. The molecule has 0 aliphatic heterocycles. The zero-order chi connectivity index (χ0) is 11.7. The molecule has 2 aromatic rings. The Kier molecular flexibility index (Phi) is 3.93. The van der Waals surface area contributed by atoms with Crippen LogP contribution in [0.2, 0.25) is 8.67 Å². The second-order valence-corrected chi connectivity index (χ2v) is 6.65. The summed E-state index contributed by atoms with van der Waals surface area (Å²) in [7, 11) is 0. The molecule has 0 radical (unpaired) electrons. The second-order valence-electron chi connectivity index (χ2n) is 3.42. The van der Waals surface area contributed by atoms with Gasteiger partial charge in [-0.2, -0.15) is 0 Å². The molecule has 0 bridgehead atoms. The van der Waals surface area contributed by atoms with Gasteiger partial charge in [0.1, 0.15) is 0 Å². The van der Waals surface area contributed by atoms with Gasteiger partial charge in [0.25, 0.3) is 0 Å². The largest absolute Gasteiger partial charge is 0.320 e. The molecule has 0 aliphatic rings. The van der Waals surface area contributed by atoms with Crippen LogP contribution in [0.1, 0.15) is 29.0 Å². The van der Waals surface area contributed by atoms with Gasteiger partial charge in [-0.15, -0.1) is 22.7 Å². The van der Waals surface area contributed by atoms with Crippen LogP contribution in [0.5, 0.6) is 0 Å². The normalized spacial score (nSPS) is 13.0. The van der Waals surface area contributed by atoms with E-state index in [1.807, 2.05) is 6.07 Å². The lowest BCUT2D eigenvalue weighted by Gasteiger charge is -2.10. The number of hydrogen-bond acceptors (Lipinski definition) is 3. The Hall–Kier alpha value is -0.0600. The molecule has 2 heterocycles. The van der Waals surface area contributed by atoms with E-state index in [2.05, 4.69) is 18.4 Å². The van der Waals surface area contributed by atoms with Gasteiger partial charge in [0.2, 0.25) is 0 Å². The molecule has 0 amide bonds. The molecular formula is C11H11Cl2NS2. The molecule has 16 heavy (non-hydrogen) atoms. The van der Waals surface area contributed by atoms with Crippen LogP contribution in [-0.4, -0.2) is 0 Å². The van der Waals surface area contributed by atoms with Crippen molar-refractivity contribution in [2.24, 2.45) is 5.73 Å². The third-order valence-corrected chi connectivity index (χ3v) is 5.02. The number of thiophene rings is 2. The van der Waals surface area contributed by atoms with Crippen LogP contribution in [0.3, 0.4) is 0 Å². The predicted octanol–water partition coefficient (Wildman–Crippen LogP) is 4.73. The average Bonchev–Trinajstić information content (AvgIpc) is 2.83. The zero-order valence-corrected chi connectivity index (χ0v) is 11.8. The van der Waals surface area contributed by atoms with Crippen molar-refractivity contribution in [2.45, 2.75) is 19.4 Å². The van der Waals surface area contributed by atoms with Crippen molar-refractivity contribution in [3.63, 3.8) is 0 Å². The number of halogens is 2. The van der Waals surface area contributed by atoms with Gasteiger partial charge >= 0.3 is 0 Å². The number of hydrogen-bond donors (Lipinski definition) is 1. The Labute approximate surface area is 113 Å². The smallest absolute Gasteiger partial charge is 0.0995 e. The van der Waals surface area contributed by atoms with Gasteiger partial charge in [-0.05, 0) is 29.5 Å². The first-order chi connectivity index (χ1) is 7.63. The van der Waals surface area contributed by atoms with Crippen molar-refractivity contribution in [1.82, 2.24) is 0 Å². The maximum atomic E-state index is 6.23. The summed E-state index contributed by atoms with van der Waals surface area (Å²) in [5.41, 5.74) is 8.44. The highest BCUT2D eigenvalue weighted by Crippen LogP contribution is 2.38. The van der Waals surface area contributed by atoms with Gasteiger partial charge in [0.05, 0.1) is 14.7 Å². The van der Waals surface area contributed by atoms with Gasteiger partial charge in [-0.3, -0.25) is 0 Å². The quantitative estimate of drug-likeness (QED) is 0.869.